The minimum atomic E-state index is -0.339. The molecule has 1 atom stereocenters. The van der Waals surface area contributed by atoms with E-state index in [9.17, 15) is 10.1 Å². The molecular formula is C7H8N2O2S2. The second kappa shape index (κ2) is 3.65. The largest absolute Gasteiger partial charge is 0.324 e. The van der Waals surface area contributed by atoms with Crippen molar-refractivity contribution >= 4 is 28.1 Å². The van der Waals surface area contributed by atoms with E-state index in [0.29, 0.717) is 0 Å². The van der Waals surface area contributed by atoms with Crippen LogP contribution in [0.1, 0.15) is 10.3 Å². The van der Waals surface area contributed by atoms with E-state index in [2.05, 4.69) is 5.32 Å². The summed E-state index contributed by atoms with van der Waals surface area (Å²) >= 11 is 3.05. The van der Waals surface area contributed by atoms with E-state index >= 15 is 0 Å². The molecule has 1 N–H and O–H groups in total. The summed E-state index contributed by atoms with van der Waals surface area (Å²) in [5.41, 5.74) is 0. The number of hydrogen-bond acceptors (Lipinski definition) is 5. The Balaban J connectivity index is 2.16. The normalized spacial score (nSPS) is 22.0. The third kappa shape index (κ3) is 1.84. The highest BCUT2D eigenvalue weighted by molar-refractivity contribution is 7.99. The van der Waals surface area contributed by atoms with Crippen molar-refractivity contribution in [1.29, 1.82) is 0 Å². The van der Waals surface area contributed by atoms with E-state index in [1.54, 1.807) is 17.8 Å². The zero-order chi connectivity index (χ0) is 9.26. The summed E-state index contributed by atoms with van der Waals surface area (Å²) in [6, 6.07) is 3.40. The van der Waals surface area contributed by atoms with Crippen molar-refractivity contribution in [2.24, 2.45) is 0 Å². The van der Waals surface area contributed by atoms with Crippen molar-refractivity contribution in [1.82, 2.24) is 5.32 Å². The first-order valence-corrected chi connectivity index (χ1v) is 5.73. The molecule has 2 rings (SSSR count). The smallest absolute Gasteiger partial charge is 0.300 e. The van der Waals surface area contributed by atoms with Gasteiger partial charge in [-0.05, 0) is 6.07 Å². The van der Waals surface area contributed by atoms with Crippen molar-refractivity contribution in [3.05, 3.63) is 27.1 Å². The van der Waals surface area contributed by atoms with Crippen molar-refractivity contribution in [2.45, 2.75) is 5.37 Å². The van der Waals surface area contributed by atoms with Crippen LogP contribution in [0.5, 0.6) is 0 Å². The van der Waals surface area contributed by atoms with Gasteiger partial charge in [-0.25, -0.2) is 0 Å². The molecule has 1 saturated heterocycles. The Labute approximate surface area is 83.5 Å². The Hall–Kier alpha value is -0.590. The first kappa shape index (κ1) is 8.98. The van der Waals surface area contributed by atoms with Gasteiger partial charge in [0, 0.05) is 23.2 Å². The van der Waals surface area contributed by atoms with Crippen LogP contribution in [0.25, 0.3) is 0 Å². The van der Waals surface area contributed by atoms with Gasteiger partial charge in [-0.2, -0.15) is 0 Å². The fourth-order valence-electron chi connectivity index (χ4n) is 1.19. The van der Waals surface area contributed by atoms with E-state index in [0.717, 1.165) is 17.2 Å². The molecule has 1 fully saturated rings. The zero-order valence-corrected chi connectivity index (χ0v) is 8.36. The molecule has 6 heteroatoms. The average Bonchev–Trinajstić information content (AvgIpc) is 2.75. The minimum Gasteiger partial charge on any atom is -0.300 e. The lowest BCUT2D eigenvalue weighted by Gasteiger charge is -2.03. The number of thiophene rings is 1. The van der Waals surface area contributed by atoms with Crippen LogP contribution in [0.15, 0.2) is 12.1 Å². The number of rotatable bonds is 2. The van der Waals surface area contributed by atoms with Crippen molar-refractivity contribution < 1.29 is 4.92 Å². The average molecular weight is 216 g/mol. The molecule has 0 bridgehead atoms. The molecule has 0 aliphatic carbocycles. The van der Waals surface area contributed by atoms with Crippen molar-refractivity contribution in [3.63, 3.8) is 0 Å². The molecule has 0 radical (unpaired) electrons. The molecule has 0 spiro atoms. The van der Waals surface area contributed by atoms with Gasteiger partial charge >= 0.3 is 5.00 Å². The molecule has 1 aliphatic heterocycles. The van der Waals surface area contributed by atoms with Crippen LogP contribution in [0, 0.1) is 10.1 Å². The second-order valence-electron chi connectivity index (χ2n) is 2.64. The fourth-order valence-corrected chi connectivity index (χ4v) is 3.27. The standard InChI is InChI=1S/C7H8N2O2S2/c10-9(11)6-2-1-5(13-6)7-8-3-4-12-7/h1-2,7-8H,3-4H2. The summed E-state index contributed by atoms with van der Waals surface area (Å²) in [7, 11) is 0. The summed E-state index contributed by atoms with van der Waals surface area (Å²) in [5, 5.41) is 14.2. The monoisotopic (exact) mass is 216 g/mol. The van der Waals surface area contributed by atoms with E-state index in [1.165, 1.54) is 11.3 Å². The maximum absolute atomic E-state index is 10.4. The van der Waals surface area contributed by atoms with E-state index in [-0.39, 0.29) is 15.3 Å². The SMILES string of the molecule is O=[N+]([O-])c1ccc(C2NCCS2)s1. The summed E-state index contributed by atoms with van der Waals surface area (Å²) in [6.07, 6.45) is 0. The van der Waals surface area contributed by atoms with Crippen molar-refractivity contribution in [3.8, 4) is 0 Å². The maximum Gasteiger partial charge on any atom is 0.324 e. The molecule has 0 aromatic carbocycles. The topological polar surface area (TPSA) is 55.2 Å². The number of nitrogens with one attached hydrogen (secondary N) is 1. The lowest BCUT2D eigenvalue weighted by Crippen LogP contribution is -2.10. The first-order valence-electron chi connectivity index (χ1n) is 3.86. The van der Waals surface area contributed by atoms with Gasteiger partial charge in [0.2, 0.25) is 0 Å². The fraction of sp³-hybridized carbons (Fsp3) is 0.429. The third-order valence-electron chi connectivity index (χ3n) is 1.77. The quantitative estimate of drug-likeness (QED) is 0.606. The highest BCUT2D eigenvalue weighted by atomic mass is 32.2. The van der Waals surface area contributed by atoms with Gasteiger partial charge in [0.05, 0.1) is 10.3 Å². The molecule has 0 saturated carbocycles. The summed E-state index contributed by atoms with van der Waals surface area (Å²) in [5.74, 6) is 1.08. The summed E-state index contributed by atoms with van der Waals surface area (Å²) in [4.78, 5) is 11.1. The lowest BCUT2D eigenvalue weighted by molar-refractivity contribution is -0.380. The van der Waals surface area contributed by atoms with Crippen LogP contribution in [-0.2, 0) is 0 Å². The number of nitrogens with zero attached hydrogens (tertiary/aromatic N) is 1. The highest BCUT2D eigenvalue weighted by Gasteiger charge is 2.20. The van der Waals surface area contributed by atoms with Crippen LogP contribution in [0.4, 0.5) is 5.00 Å². The molecule has 70 valence electrons. The van der Waals surface area contributed by atoms with Crippen molar-refractivity contribution in [2.75, 3.05) is 12.3 Å². The molecule has 1 aromatic heterocycles. The third-order valence-corrected chi connectivity index (χ3v) is 4.21. The Morgan fingerprint density at radius 3 is 3.00 bits per heavy atom. The number of hydrogen-bond donors (Lipinski definition) is 1. The minimum absolute atomic E-state index is 0.226. The van der Waals surface area contributed by atoms with Crippen LogP contribution in [0.2, 0.25) is 0 Å². The van der Waals surface area contributed by atoms with E-state index in [1.807, 2.05) is 6.07 Å². The van der Waals surface area contributed by atoms with Gasteiger partial charge in [0.1, 0.15) is 0 Å². The van der Waals surface area contributed by atoms with Crippen LogP contribution in [0.3, 0.4) is 0 Å². The molecular weight excluding hydrogens is 208 g/mol. The Morgan fingerprint density at radius 2 is 2.46 bits per heavy atom. The maximum atomic E-state index is 10.4. The molecule has 1 aliphatic rings. The van der Waals surface area contributed by atoms with Gasteiger partial charge in [-0.15, -0.1) is 11.8 Å². The number of nitro groups is 1. The predicted octanol–water partition coefficient (Wildman–Crippen LogP) is 1.99. The van der Waals surface area contributed by atoms with E-state index < -0.39 is 0 Å². The molecule has 1 unspecified atom stereocenters. The lowest BCUT2D eigenvalue weighted by atomic mass is 10.4. The van der Waals surface area contributed by atoms with Crippen LogP contribution < -0.4 is 5.32 Å². The van der Waals surface area contributed by atoms with Crippen LogP contribution >= 0.6 is 23.1 Å². The number of thioether (sulfide) groups is 1. The predicted molar refractivity (Wildman–Crippen MR) is 54.2 cm³/mol. The molecule has 1 aromatic rings. The van der Waals surface area contributed by atoms with Gasteiger partial charge in [0.15, 0.2) is 0 Å². The highest BCUT2D eigenvalue weighted by Crippen LogP contribution is 2.36. The summed E-state index contributed by atoms with van der Waals surface area (Å²) < 4.78 is 0. The van der Waals surface area contributed by atoms with Gasteiger partial charge in [-0.3, -0.25) is 10.1 Å². The van der Waals surface area contributed by atoms with Gasteiger partial charge < -0.3 is 5.32 Å². The molecule has 13 heavy (non-hydrogen) atoms. The summed E-state index contributed by atoms with van der Waals surface area (Å²) in [6.45, 7) is 0.987. The van der Waals surface area contributed by atoms with E-state index in [4.69, 9.17) is 0 Å². The van der Waals surface area contributed by atoms with Gasteiger partial charge in [0.25, 0.3) is 0 Å². The Morgan fingerprint density at radius 1 is 1.62 bits per heavy atom. The van der Waals surface area contributed by atoms with Gasteiger partial charge in [-0.1, -0.05) is 11.3 Å². The van der Waals surface area contributed by atoms with Crippen LogP contribution in [-0.4, -0.2) is 17.2 Å². The molecule has 0 amide bonds. The zero-order valence-electron chi connectivity index (χ0n) is 6.73. The molecule has 2 heterocycles. The molecule has 4 nitrogen and oxygen atoms in total. The second-order valence-corrected chi connectivity index (χ2v) is 4.94. The first-order chi connectivity index (χ1) is 6.27. The Kier molecular flexibility index (Phi) is 2.52. The Bertz CT molecular complexity index is 320.